The topological polar surface area (TPSA) is 85.4 Å². The van der Waals surface area contributed by atoms with Crippen LogP contribution in [0.1, 0.15) is 27.2 Å². The average molecular weight is 392 g/mol. The van der Waals surface area contributed by atoms with Gasteiger partial charge in [-0.25, -0.2) is 9.97 Å². The molecule has 7 nitrogen and oxygen atoms in total. The van der Waals surface area contributed by atoms with E-state index in [9.17, 15) is 4.79 Å². The first kappa shape index (κ1) is 20.1. The third-order valence-corrected chi connectivity index (χ3v) is 4.43. The lowest BCUT2D eigenvalue weighted by Crippen LogP contribution is -2.16. The van der Waals surface area contributed by atoms with E-state index in [4.69, 9.17) is 9.47 Å². The largest absolute Gasteiger partial charge is 0.493 e. The lowest BCUT2D eigenvalue weighted by Gasteiger charge is -2.11. The minimum atomic E-state index is -0.282. The van der Waals surface area contributed by atoms with Gasteiger partial charge in [0.1, 0.15) is 5.69 Å². The second-order valence-corrected chi connectivity index (χ2v) is 6.58. The quantitative estimate of drug-likeness (QED) is 0.633. The van der Waals surface area contributed by atoms with Crippen LogP contribution in [0.25, 0.3) is 0 Å². The Balaban J connectivity index is 1.69. The number of nitrogens with one attached hydrogen (secondary N) is 2. The molecule has 0 aliphatic rings. The molecule has 0 bridgehead atoms. The minimum absolute atomic E-state index is 0.282. The maximum absolute atomic E-state index is 12.6. The highest BCUT2D eigenvalue weighted by Gasteiger charge is 2.11. The van der Waals surface area contributed by atoms with E-state index in [1.807, 2.05) is 50.2 Å². The van der Waals surface area contributed by atoms with Crippen molar-refractivity contribution in [2.45, 2.75) is 20.4 Å². The molecule has 7 heteroatoms. The van der Waals surface area contributed by atoms with Crippen LogP contribution in [0.3, 0.4) is 0 Å². The van der Waals surface area contributed by atoms with Crippen molar-refractivity contribution >= 4 is 17.5 Å². The number of aryl methyl sites for hydroxylation is 2. The Morgan fingerprint density at radius 3 is 2.55 bits per heavy atom. The van der Waals surface area contributed by atoms with E-state index in [0.717, 1.165) is 22.4 Å². The summed E-state index contributed by atoms with van der Waals surface area (Å²) < 4.78 is 10.6. The van der Waals surface area contributed by atoms with Gasteiger partial charge in [-0.05, 0) is 54.8 Å². The molecule has 0 radical (unpaired) electrons. The molecule has 0 spiro atoms. The van der Waals surface area contributed by atoms with E-state index in [-0.39, 0.29) is 11.6 Å². The van der Waals surface area contributed by atoms with Gasteiger partial charge in [0.2, 0.25) is 5.95 Å². The fourth-order valence-electron chi connectivity index (χ4n) is 2.80. The van der Waals surface area contributed by atoms with Gasteiger partial charge in [-0.3, -0.25) is 4.79 Å². The standard InChI is InChI=1S/C22H24N4O3/c1-14-5-6-15(2)18(11-14)25-21(27)17-9-10-23-22(26-17)24-13-16-7-8-19(28-3)20(12-16)29-4/h5-12H,13H2,1-4H3,(H,25,27)(H,23,24,26). The third kappa shape index (κ3) is 5.01. The molecule has 3 rings (SSSR count). The maximum atomic E-state index is 12.6. The number of anilines is 2. The van der Waals surface area contributed by atoms with E-state index in [2.05, 4.69) is 20.6 Å². The Labute approximate surface area is 170 Å². The monoisotopic (exact) mass is 392 g/mol. The average Bonchev–Trinajstić information content (AvgIpc) is 2.74. The second-order valence-electron chi connectivity index (χ2n) is 6.58. The molecule has 0 aliphatic heterocycles. The summed E-state index contributed by atoms with van der Waals surface area (Å²) in [6.45, 7) is 4.41. The van der Waals surface area contributed by atoms with Gasteiger partial charge in [0.25, 0.3) is 5.91 Å². The van der Waals surface area contributed by atoms with Crippen LogP contribution in [-0.4, -0.2) is 30.1 Å². The number of rotatable bonds is 7. The van der Waals surface area contributed by atoms with Crippen molar-refractivity contribution < 1.29 is 14.3 Å². The molecule has 1 aromatic heterocycles. The van der Waals surface area contributed by atoms with Gasteiger partial charge in [0.05, 0.1) is 14.2 Å². The zero-order valence-electron chi connectivity index (χ0n) is 16.9. The van der Waals surface area contributed by atoms with Gasteiger partial charge >= 0.3 is 0 Å². The van der Waals surface area contributed by atoms with Gasteiger partial charge < -0.3 is 20.1 Å². The third-order valence-electron chi connectivity index (χ3n) is 4.43. The number of methoxy groups -OCH3 is 2. The van der Waals surface area contributed by atoms with Crippen molar-refractivity contribution in [3.8, 4) is 11.5 Å². The predicted molar refractivity (Wildman–Crippen MR) is 113 cm³/mol. The van der Waals surface area contributed by atoms with Crippen LogP contribution >= 0.6 is 0 Å². The van der Waals surface area contributed by atoms with E-state index < -0.39 is 0 Å². The van der Waals surface area contributed by atoms with Crippen LogP contribution in [-0.2, 0) is 6.54 Å². The molecular weight excluding hydrogens is 368 g/mol. The number of hydrogen-bond acceptors (Lipinski definition) is 6. The number of carbonyl (C=O) groups excluding carboxylic acids is 1. The van der Waals surface area contributed by atoms with Crippen molar-refractivity contribution in [2.24, 2.45) is 0 Å². The van der Waals surface area contributed by atoms with Crippen molar-refractivity contribution in [1.29, 1.82) is 0 Å². The molecule has 2 aromatic carbocycles. The van der Waals surface area contributed by atoms with Crippen molar-refractivity contribution in [2.75, 3.05) is 24.9 Å². The normalized spacial score (nSPS) is 10.3. The molecule has 0 fully saturated rings. The molecule has 1 amide bonds. The molecule has 0 atom stereocenters. The summed E-state index contributed by atoms with van der Waals surface area (Å²) in [7, 11) is 3.19. The fourth-order valence-corrected chi connectivity index (χ4v) is 2.80. The number of aromatic nitrogens is 2. The summed E-state index contributed by atoms with van der Waals surface area (Å²) in [5.74, 6) is 1.40. The molecule has 1 heterocycles. The first-order valence-electron chi connectivity index (χ1n) is 9.16. The van der Waals surface area contributed by atoms with Gasteiger partial charge in [-0.1, -0.05) is 18.2 Å². The number of ether oxygens (including phenoxy) is 2. The zero-order chi connectivity index (χ0) is 20.8. The van der Waals surface area contributed by atoms with E-state index in [0.29, 0.717) is 24.0 Å². The predicted octanol–water partition coefficient (Wildman–Crippen LogP) is 3.98. The highest BCUT2D eigenvalue weighted by molar-refractivity contribution is 6.03. The Kier molecular flexibility index (Phi) is 6.29. The van der Waals surface area contributed by atoms with Gasteiger partial charge in [0, 0.05) is 18.4 Å². The van der Waals surface area contributed by atoms with Crippen LogP contribution in [0.5, 0.6) is 11.5 Å². The zero-order valence-corrected chi connectivity index (χ0v) is 16.9. The van der Waals surface area contributed by atoms with Crippen LogP contribution in [0, 0.1) is 13.8 Å². The minimum Gasteiger partial charge on any atom is -0.493 e. The summed E-state index contributed by atoms with van der Waals surface area (Å²) in [5.41, 5.74) is 4.09. The highest BCUT2D eigenvalue weighted by atomic mass is 16.5. The molecular formula is C22H24N4O3. The smallest absolute Gasteiger partial charge is 0.274 e. The number of carbonyl (C=O) groups is 1. The number of nitrogens with zero attached hydrogens (tertiary/aromatic N) is 2. The van der Waals surface area contributed by atoms with Crippen LogP contribution in [0.4, 0.5) is 11.6 Å². The molecule has 0 saturated carbocycles. The van der Waals surface area contributed by atoms with E-state index in [1.165, 1.54) is 0 Å². The molecule has 29 heavy (non-hydrogen) atoms. The summed E-state index contributed by atoms with van der Waals surface area (Å²) in [6.07, 6.45) is 1.56. The molecule has 0 aliphatic carbocycles. The number of amides is 1. The number of benzene rings is 2. The summed E-state index contributed by atoms with van der Waals surface area (Å²) in [6, 6.07) is 13.1. The number of hydrogen-bond donors (Lipinski definition) is 2. The van der Waals surface area contributed by atoms with Gasteiger partial charge in [-0.2, -0.15) is 0 Å². The fraction of sp³-hybridized carbons (Fsp3) is 0.227. The second kappa shape index (κ2) is 9.05. The summed E-state index contributed by atoms with van der Waals surface area (Å²) in [4.78, 5) is 21.1. The molecule has 2 N–H and O–H groups in total. The van der Waals surface area contributed by atoms with Crippen LogP contribution < -0.4 is 20.1 Å². The SMILES string of the molecule is COc1ccc(CNc2nccc(C(=O)Nc3cc(C)ccc3C)n2)cc1OC. The van der Waals surface area contributed by atoms with Crippen molar-refractivity contribution in [3.63, 3.8) is 0 Å². The Hall–Kier alpha value is -3.61. The van der Waals surface area contributed by atoms with Crippen molar-refractivity contribution in [3.05, 3.63) is 71.0 Å². The maximum Gasteiger partial charge on any atom is 0.274 e. The Bertz CT molecular complexity index is 1020. The van der Waals surface area contributed by atoms with Crippen LogP contribution in [0.2, 0.25) is 0 Å². The Morgan fingerprint density at radius 2 is 1.79 bits per heavy atom. The Morgan fingerprint density at radius 1 is 1.00 bits per heavy atom. The first-order valence-corrected chi connectivity index (χ1v) is 9.16. The summed E-state index contributed by atoms with van der Waals surface area (Å²) in [5, 5.41) is 6.04. The lowest BCUT2D eigenvalue weighted by molar-refractivity contribution is 0.102. The molecule has 3 aromatic rings. The lowest BCUT2D eigenvalue weighted by atomic mass is 10.1. The van der Waals surface area contributed by atoms with Crippen LogP contribution in [0.15, 0.2) is 48.7 Å². The molecule has 0 saturated heterocycles. The first-order chi connectivity index (χ1) is 14.0. The van der Waals surface area contributed by atoms with Gasteiger partial charge in [-0.15, -0.1) is 0 Å². The van der Waals surface area contributed by atoms with E-state index >= 15 is 0 Å². The molecule has 150 valence electrons. The molecule has 0 unspecified atom stereocenters. The van der Waals surface area contributed by atoms with Crippen molar-refractivity contribution in [1.82, 2.24) is 9.97 Å². The van der Waals surface area contributed by atoms with E-state index in [1.54, 1.807) is 26.5 Å². The highest BCUT2D eigenvalue weighted by Crippen LogP contribution is 2.27. The summed E-state index contributed by atoms with van der Waals surface area (Å²) >= 11 is 0. The van der Waals surface area contributed by atoms with Gasteiger partial charge in [0.15, 0.2) is 11.5 Å².